The van der Waals surface area contributed by atoms with Crippen LogP contribution in [-0.4, -0.2) is 24.2 Å². The molecule has 1 aliphatic heterocycles. The van der Waals surface area contributed by atoms with Crippen molar-refractivity contribution in [1.82, 2.24) is 5.32 Å². The second-order valence-corrected chi connectivity index (χ2v) is 5.75. The van der Waals surface area contributed by atoms with E-state index in [0.717, 1.165) is 12.0 Å². The highest BCUT2D eigenvalue weighted by Gasteiger charge is 2.28. The van der Waals surface area contributed by atoms with Crippen molar-refractivity contribution in [3.05, 3.63) is 70.8 Å². The molecule has 0 bridgehead atoms. The third-order valence-electron chi connectivity index (χ3n) is 3.96. The summed E-state index contributed by atoms with van der Waals surface area (Å²) < 4.78 is 0. The van der Waals surface area contributed by atoms with Crippen molar-refractivity contribution in [3.8, 4) is 0 Å². The fourth-order valence-corrected chi connectivity index (χ4v) is 2.43. The maximum atomic E-state index is 11.8. The zero-order valence-corrected chi connectivity index (χ0v) is 14.4. The number of rotatable bonds is 6. The van der Waals surface area contributed by atoms with Crippen molar-refractivity contribution < 1.29 is 29.5 Å². The number of benzene rings is 2. The molecule has 2 aromatic carbocycles. The number of aryl methyl sites for hydroxylation is 1. The minimum Gasteiger partial charge on any atom is -0.395 e. The van der Waals surface area contributed by atoms with Gasteiger partial charge in [0.1, 0.15) is 0 Å². The Hall–Kier alpha value is -2.29. The molecule has 0 atom stereocenters. The van der Waals surface area contributed by atoms with E-state index >= 15 is 0 Å². The van der Waals surface area contributed by atoms with Crippen LogP contribution in [0.2, 0.25) is 0 Å². The first-order valence-electron chi connectivity index (χ1n) is 8.43. The molecule has 7 nitrogen and oxygen atoms in total. The summed E-state index contributed by atoms with van der Waals surface area (Å²) in [5.74, 6) is -0.265. The number of hydrogen-bond donors (Lipinski definition) is 2. The smallest absolute Gasteiger partial charge is 0.251 e. The first-order chi connectivity index (χ1) is 12.7. The number of aliphatic hydroxyl groups excluding tert-OH is 1. The maximum Gasteiger partial charge on any atom is 0.251 e. The second-order valence-electron chi connectivity index (χ2n) is 5.75. The van der Waals surface area contributed by atoms with Gasteiger partial charge in [0.05, 0.1) is 6.61 Å². The summed E-state index contributed by atoms with van der Waals surface area (Å²) in [7, 11) is 0. The molecule has 1 heterocycles. The number of carbonyl (C=O) groups is 1. The van der Waals surface area contributed by atoms with Crippen LogP contribution in [0.1, 0.15) is 46.6 Å². The minimum absolute atomic E-state index is 0.107. The Bertz CT molecular complexity index is 708. The molecule has 2 aromatic rings. The Balaban J connectivity index is 1.56. The molecule has 0 saturated carbocycles. The Morgan fingerprint density at radius 1 is 0.923 bits per heavy atom. The Labute approximate surface area is 151 Å². The van der Waals surface area contributed by atoms with Gasteiger partial charge < -0.3 is 10.4 Å². The lowest BCUT2D eigenvalue weighted by molar-refractivity contribution is -0.600. The first kappa shape index (κ1) is 18.5. The van der Waals surface area contributed by atoms with Crippen molar-refractivity contribution in [3.63, 3.8) is 0 Å². The van der Waals surface area contributed by atoms with Gasteiger partial charge in [-0.2, -0.15) is 19.6 Å². The third kappa shape index (κ3) is 4.46. The molecule has 138 valence electrons. The van der Waals surface area contributed by atoms with Crippen LogP contribution in [0.15, 0.2) is 48.5 Å². The summed E-state index contributed by atoms with van der Waals surface area (Å²) in [6.45, 7) is 2.18. The van der Waals surface area contributed by atoms with Crippen molar-refractivity contribution in [2.75, 3.05) is 13.2 Å². The van der Waals surface area contributed by atoms with Gasteiger partial charge in [0.2, 0.25) is 12.6 Å². The highest BCUT2D eigenvalue weighted by molar-refractivity contribution is 5.94. The van der Waals surface area contributed by atoms with E-state index in [1.54, 1.807) is 24.3 Å². The number of nitrogens with one attached hydrogen (secondary N) is 1. The molecule has 0 aliphatic carbocycles. The van der Waals surface area contributed by atoms with Crippen LogP contribution in [0, 0.1) is 0 Å². The Morgan fingerprint density at radius 2 is 1.42 bits per heavy atom. The number of amides is 1. The predicted molar refractivity (Wildman–Crippen MR) is 91.5 cm³/mol. The fraction of sp³-hybridized carbons (Fsp3) is 0.316. The van der Waals surface area contributed by atoms with Crippen LogP contribution < -0.4 is 5.32 Å². The molecule has 1 saturated heterocycles. The van der Waals surface area contributed by atoms with Gasteiger partial charge in [-0.15, -0.1) is 0 Å². The average molecular weight is 359 g/mol. The molecule has 0 unspecified atom stereocenters. The molecule has 2 N–H and O–H groups in total. The van der Waals surface area contributed by atoms with E-state index in [-0.39, 0.29) is 19.1 Å². The van der Waals surface area contributed by atoms with Crippen molar-refractivity contribution >= 4 is 5.91 Å². The average Bonchev–Trinajstić information content (AvgIpc) is 2.72. The van der Waals surface area contributed by atoms with Gasteiger partial charge in [0, 0.05) is 23.2 Å². The van der Waals surface area contributed by atoms with E-state index < -0.39 is 12.6 Å². The van der Waals surface area contributed by atoms with E-state index in [4.69, 9.17) is 24.7 Å². The van der Waals surface area contributed by atoms with E-state index in [2.05, 4.69) is 12.2 Å². The summed E-state index contributed by atoms with van der Waals surface area (Å²) in [6, 6.07) is 14.4. The maximum absolute atomic E-state index is 11.8. The lowest BCUT2D eigenvalue weighted by Crippen LogP contribution is -2.26. The molecular formula is C19H21NO6. The summed E-state index contributed by atoms with van der Waals surface area (Å²) in [6.07, 6.45) is -0.660. The van der Waals surface area contributed by atoms with E-state index in [1.807, 2.05) is 24.3 Å². The zero-order valence-electron chi connectivity index (χ0n) is 14.4. The zero-order chi connectivity index (χ0) is 18.4. The molecule has 1 fully saturated rings. The van der Waals surface area contributed by atoms with Gasteiger partial charge in [0.15, 0.2) is 0 Å². The number of aliphatic hydroxyl groups is 1. The van der Waals surface area contributed by atoms with Crippen LogP contribution in [0.3, 0.4) is 0 Å². The molecule has 0 radical (unpaired) electrons. The van der Waals surface area contributed by atoms with Gasteiger partial charge in [-0.1, -0.05) is 43.3 Å². The molecule has 7 heteroatoms. The van der Waals surface area contributed by atoms with Gasteiger partial charge >= 0.3 is 0 Å². The van der Waals surface area contributed by atoms with Crippen LogP contribution in [0.25, 0.3) is 0 Å². The Morgan fingerprint density at radius 3 is 1.88 bits per heavy atom. The SMILES string of the molecule is CCc1ccc(C2OOC(c3ccc(C(=O)NCCO)cc3)OO2)cc1. The van der Waals surface area contributed by atoms with E-state index in [0.29, 0.717) is 11.1 Å². The van der Waals surface area contributed by atoms with Crippen molar-refractivity contribution in [2.24, 2.45) is 0 Å². The minimum atomic E-state index is -0.851. The summed E-state index contributed by atoms with van der Waals surface area (Å²) in [5, 5.41) is 11.3. The lowest BCUT2D eigenvalue weighted by atomic mass is 10.1. The number of carbonyl (C=O) groups excluding carboxylic acids is 1. The molecule has 1 aliphatic rings. The van der Waals surface area contributed by atoms with Gasteiger partial charge in [-0.3, -0.25) is 4.79 Å². The van der Waals surface area contributed by atoms with Crippen molar-refractivity contribution in [2.45, 2.75) is 25.9 Å². The van der Waals surface area contributed by atoms with Gasteiger partial charge in [-0.05, 0) is 24.1 Å². The van der Waals surface area contributed by atoms with Crippen LogP contribution in [0.5, 0.6) is 0 Å². The quantitative estimate of drug-likeness (QED) is 0.771. The highest BCUT2D eigenvalue weighted by atomic mass is 17.4. The van der Waals surface area contributed by atoms with Crippen LogP contribution >= 0.6 is 0 Å². The second kappa shape index (κ2) is 8.88. The molecule has 1 amide bonds. The molecule has 26 heavy (non-hydrogen) atoms. The molecule has 0 aromatic heterocycles. The summed E-state index contributed by atoms with van der Waals surface area (Å²) >= 11 is 0. The molecule has 0 spiro atoms. The van der Waals surface area contributed by atoms with Crippen molar-refractivity contribution in [1.29, 1.82) is 0 Å². The lowest BCUT2D eigenvalue weighted by Gasteiger charge is -2.27. The first-order valence-corrected chi connectivity index (χ1v) is 8.43. The van der Waals surface area contributed by atoms with E-state index in [1.165, 1.54) is 5.56 Å². The van der Waals surface area contributed by atoms with Gasteiger partial charge in [0.25, 0.3) is 5.91 Å². The predicted octanol–water partition coefficient (Wildman–Crippen LogP) is 2.58. The third-order valence-corrected chi connectivity index (χ3v) is 3.96. The summed E-state index contributed by atoms with van der Waals surface area (Å²) in [4.78, 5) is 32.9. The van der Waals surface area contributed by atoms with E-state index in [9.17, 15) is 4.79 Å². The van der Waals surface area contributed by atoms with Gasteiger partial charge in [-0.25, -0.2) is 0 Å². The topological polar surface area (TPSA) is 86.3 Å². The number of hydrogen-bond acceptors (Lipinski definition) is 6. The largest absolute Gasteiger partial charge is 0.395 e. The Kier molecular flexibility index (Phi) is 6.32. The summed E-state index contributed by atoms with van der Waals surface area (Å²) in [5.41, 5.74) is 3.11. The standard InChI is InChI=1S/C19H21NO6/c1-2-13-3-5-15(6-4-13)18-23-25-19(26-24-18)16-9-7-14(8-10-16)17(22)20-11-12-21/h3-10,18-19,21H,2,11-12H2,1H3,(H,20,22). The molecular weight excluding hydrogens is 338 g/mol. The fourth-order valence-electron chi connectivity index (χ4n) is 2.43. The van der Waals surface area contributed by atoms with Crippen LogP contribution in [-0.2, 0) is 26.0 Å². The normalized spacial score (nSPS) is 19.9. The van der Waals surface area contributed by atoms with Crippen LogP contribution in [0.4, 0.5) is 0 Å². The molecule has 3 rings (SSSR count). The highest BCUT2D eigenvalue weighted by Crippen LogP contribution is 2.32. The monoisotopic (exact) mass is 359 g/mol.